The van der Waals surface area contributed by atoms with Crippen molar-refractivity contribution in [2.45, 2.75) is 40.2 Å². The van der Waals surface area contributed by atoms with E-state index >= 15 is 0 Å². The highest BCUT2D eigenvalue weighted by Crippen LogP contribution is 2.29. The third kappa shape index (κ3) is 5.33. The van der Waals surface area contributed by atoms with Gasteiger partial charge in [-0.15, -0.1) is 0 Å². The minimum absolute atomic E-state index is 0.0291. The molecule has 11 heteroatoms. The molecule has 0 radical (unpaired) electrons. The number of benzene rings is 1. The molecular weight excluding hydrogens is 492 g/mol. The Morgan fingerprint density at radius 2 is 1.79 bits per heavy atom. The second kappa shape index (κ2) is 11.2. The number of methoxy groups -OCH3 is 1. The van der Waals surface area contributed by atoms with Gasteiger partial charge in [-0.1, -0.05) is 24.3 Å². The van der Waals surface area contributed by atoms with Gasteiger partial charge in [-0.05, 0) is 26.3 Å². The van der Waals surface area contributed by atoms with Crippen LogP contribution < -0.4 is 0 Å². The average Bonchev–Trinajstić information content (AvgIpc) is 3.37. The summed E-state index contributed by atoms with van der Waals surface area (Å²) in [6.07, 6.45) is -0.592. The number of hydrogen-bond donors (Lipinski definition) is 0. The predicted octanol–water partition coefficient (Wildman–Crippen LogP) is 4.33. The van der Waals surface area contributed by atoms with Crippen molar-refractivity contribution in [3.63, 3.8) is 0 Å². The van der Waals surface area contributed by atoms with Crippen LogP contribution in [-0.2, 0) is 17.7 Å². The number of carbonyl (C=O) groups is 1. The molecule has 38 heavy (non-hydrogen) atoms. The minimum Gasteiger partial charge on any atom is -0.383 e. The average molecular weight is 524 g/mol. The van der Waals surface area contributed by atoms with Crippen LogP contribution in [0.15, 0.2) is 36.7 Å². The minimum atomic E-state index is -2.52. The quantitative estimate of drug-likeness (QED) is 0.324. The molecule has 200 valence electrons. The van der Waals surface area contributed by atoms with Crippen molar-refractivity contribution in [1.29, 1.82) is 0 Å². The van der Waals surface area contributed by atoms with Gasteiger partial charge in [-0.2, -0.15) is 10.2 Å². The van der Waals surface area contributed by atoms with Gasteiger partial charge in [0, 0.05) is 50.5 Å². The topological polar surface area (TPSA) is 91.0 Å². The molecule has 1 aromatic carbocycles. The van der Waals surface area contributed by atoms with E-state index in [9.17, 15) is 13.6 Å². The second-order valence-corrected chi connectivity index (χ2v) is 9.26. The Balaban J connectivity index is 1.70. The molecule has 0 saturated heterocycles. The summed E-state index contributed by atoms with van der Waals surface area (Å²) < 4.78 is 34.9. The normalized spacial score (nSPS) is 11.4. The lowest BCUT2D eigenvalue weighted by Gasteiger charge is -2.11. The van der Waals surface area contributed by atoms with Gasteiger partial charge in [0.1, 0.15) is 6.33 Å². The van der Waals surface area contributed by atoms with Crippen LogP contribution in [0, 0.1) is 20.8 Å². The monoisotopic (exact) mass is 523 g/mol. The molecule has 0 aliphatic heterocycles. The van der Waals surface area contributed by atoms with Gasteiger partial charge in [-0.25, -0.2) is 23.4 Å². The second-order valence-electron chi connectivity index (χ2n) is 9.26. The maximum absolute atomic E-state index is 13.0. The number of amides is 1. The summed E-state index contributed by atoms with van der Waals surface area (Å²) in [4.78, 5) is 23.1. The molecule has 4 aromatic rings. The first-order valence-corrected chi connectivity index (χ1v) is 12.1. The van der Waals surface area contributed by atoms with Gasteiger partial charge in [0.15, 0.2) is 5.82 Å². The zero-order valence-electron chi connectivity index (χ0n) is 22.4. The van der Waals surface area contributed by atoms with E-state index in [1.54, 1.807) is 44.9 Å². The molecule has 0 bridgehead atoms. The van der Waals surface area contributed by atoms with E-state index in [0.29, 0.717) is 42.3 Å². The number of rotatable bonds is 9. The van der Waals surface area contributed by atoms with Crippen molar-refractivity contribution in [1.82, 2.24) is 34.4 Å². The maximum atomic E-state index is 13.0. The summed E-state index contributed by atoms with van der Waals surface area (Å²) in [5.74, 6) is 0.434. The van der Waals surface area contributed by atoms with Gasteiger partial charge in [0.05, 0.1) is 41.5 Å². The first kappa shape index (κ1) is 27.1. The van der Waals surface area contributed by atoms with E-state index in [1.165, 1.54) is 23.4 Å². The molecule has 0 unspecified atom stereocenters. The Bertz CT molecular complexity index is 1440. The molecule has 0 atom stereocenters. The first-order chi connectivity index (χ1) is 18.1. The van der Waals surface area contributed by atoms with E-state index in [0.717, 1.165) is 28.2 Å². The van der Waals surface area contributed by atoms with E-state index in [2.05, 4.69) is 15.1 Å². The van der Waals surface area contributed by atoms with Crippen molar-refractivity contribution in [3.05, 3.63) is 76.1 Å². The Labute approximate surface area is 220 Å². The third-order valence-electron chi connectivity index (χ3n) is 6.45. The molecule has 0 aliphatic rings. The third-order valence-corrected chi connectivity index (χ3v) is 6.45. The van der Waals surface area contributed by atoms with Crippen LogP contribution in [0.5, 0.6) is 0 Å². The molecule has 0 saturated carbocycles. The van der Waals surface area contributed by atoms with Crippen molar-refractivity contribution in [3.8, 4) is 17.1 Å². The number of hydrogen-bond acceptors (Lipinski definition) is 6. The largest absolute Gasteiger partial charge is 0.383 e. The summed E-state index contributed by atoms with van der Waals surface area (Å²) in [6, 6.07) is 8.02. The highest BCUT2D eigenvalue weighted by atomic mass is 19.3. The lowest BCUT2D eigenvalue weighted by molar-refractivity contribution is 0.0826. The van der Waals surface area contributed by atoms with Crippen molar-refractivity contribution in [2.24, 2.45) is 0 Å². The number of alkyl halides is 2. The molecule has 9 nitrogen and oxygen atoms in total. The van der Waals surface area contributed by atoms with Gasteiger partial charge < -0.3 is 9.64 Å². The molecule has 0 N–H and O–H groups in total. The number of aryl methyl sites for hydroxylation is 1. The van der Waals surface area contributed by atoms with E-state index in [-0.39, 0.29) is 11.5 Å². The fourth-order valence-electron chi connectivity index (χ4n) is 4.40. The number of halogens is 2. The van der Waals surface area contributed by atoms with Crippen LogP contribution in [0.25, 0.3) is 17.1 Å². The zero-order chi connectivity index (χ0) is 27.6. The summed E-state index contributed by atoms with van der Waals surface area (Å²) in [7, 11) is 5.04. The number of aromatic nitrogens is 6. The van der Waals surface area contributed by atoms with Gasteiger partial charge >= 0.3 is 0 Å². The fourth-order valence-corrected chi connectivity index (χ4v) is 4.40. The molecule has 1 amide bonds. The van der Waals surface area contributed by atoms with Crippen molar-refractivity contribution < 1.29 is 18.3 Å². The van der Waals surface area contributed by atoms with Crippen molar-refractivity contribution in [2.75, 3.05) is 27.8 Å². The van der Waals surface area contributed by atoms with Crippen LogP contribution in [0.2, 0.25) is 0 Å². The van der Waals surface area contributed by atoms with Gasteiger partial charge in [0.25, 0.3) is 12.3 Å². The molecule has 0 fully saturated rings. The van der Waals surface area contributed by atoms with Gasteiger partial charge in [-0.3, -0.25) is 9.48 Å². The smallest absolute Gasteiger partial charge is 0.263 e. The lowest BCUT2D eigenvalue weighted by Crippen LogP contribution is -2.23. The van der Waals surface area contributed by atoms with Crippen LogP contribution in [0.4, 0.5) is 8.78 Å². The number of ether oxygens (including phenoxy) is 1. The molecule has 4 rings (SSSR count). The SMILES string of the molecule is COCCn1nc(-c2ccc(C(F)F)cc2)c(C)c1Cc1cc(-n2nc(C)c(C(=O)N(C)C)c2C)ncn1. The fraction of sp³-hybridized carbons (Fsp3) is 0.370. The molecule has 3 aromatic heterocycles. The van der Waals surface area contributed by atoms with Crippen LogP contribution in [0.3, 0.4) is 0 Å². The van der Waals surface area contributed by atoms with Crippen LogP contribution in [0.1, 0.15) is 50.7 Å². The number of nitrogens with zero attached hydrogens (tertiary/aromatic N) is 7. The summed E-state index contributed by atoms with van der Waals surface area (Å²) in [6.45, 7) is 6.59. The van der Waals surface area contributed by atoms with Crippen molar-refractivity contribution >= 4 is 5.91 Å². The zero-order valence-corrected chi connectivity index (χ0v) is 22.4. The summed E-state index contributed by atoms with van der Waals surface area (Å²) >= 11 is 0. The van der Waals surface area contributed by atoms with Crippen LogP contribution >= 0.6 is 0 Å². The standard InChI is InChI=1S/C27H31F2N7O2/c1-16-22(35(11-12-38-6)33-25(16)19-7-9-20(10-8-19)26(28)29)13-21-14-23(31-15-30-21)36-18(3)24(17(2)32-36)27(37)34(4)5/h7-10,14-15,26H,11-13H2,1-6H3. The maximum Gasteiger partial charge on any atom is 0.263 e. The Hall–Kier alpha value is -3.99. The van der Waals surface area contributed by atoms with E-state index < -0.39 is 6.43 Å². The molecular formula is C27H31F2N7O2. The first-order valence-electron chi connectivity index (χ1n) is 12.1. The summed E-state index contributed by atoms with van der Waals surface area (Å²) in [5, 5.41) is 9.34. The Morgan fingerprint density at radius 3 is 2.42 bits per heavy atom. The lowest BCUT2D eigenvalue weighted by atomic mass is 10.0. The highest BCUT2D eigenvalue weighted by molar-refractivity contribution is 5.96. The molecule has 0 spiro atoms. The molecule has 3 heterocycles. The van der Waals surface area contributed by atoms with Crippen LogP contribution in [-0.4, -0.2) is 68.1 Å². The highest BCUT2D eigenvalue weighted by Gasteiger charge is 2.22. The Kier molecular flexibility index (Phi) is 7.96. The predicted molar refractivity (Wildman–Crippen MR) is 139 cm³/mol. The molecule has 0 aliphatic carbocycles. The number of carbonyl (C=O) groups excluding carboxylic acids is 1. The van der Waals surface area contributed by atoms with E-state index in [4.69, 9.17) is 9.84 Å². The van der Waals surface area contributed by atoms with Gasteiger partial charge in [0.2, 0.25) is 0 Å². The summed E-state index contributed by atoms with van der Waals surface area (Å²) in [5.41, 5.74) is 5.91. The van der Waals surface area contributed by atoms with E-state index in [1.807, 2.05) is 24.6 Å². The Morgan fingerprint density at radius 1 is 1.08 bits per heavy atom.